The van der Waals surface area contributed by atoms with Crippen LogP contribution in [0.4, 0.5) is 5.69 Å². The van der Waals surface area contributed by atoms with Crippen molar-refractivity contribution in [2.24, 2.45) is 5.92 Å². The van der Waals surface area contributed by atoms with Crippen molar-refractivity contribution >= 4 is 21.6 Å². The molecule has 0 aliphatic carbocycles. The minimum Gasteiger partial charge on any atom is -0.349 e. The molecule has 5 nitrogen and oxygen atoms in total. The molecule has 1 aromatic rings. The van der Waals surface area contributed by atoms with E-state index in [0.29, 0.717) is 23.6 Å². The fourth-order valence-electron chi connectivity index (χ4n) is 1.68. The van der Waals surface area contributed by atoms with Crippen LogP contribution in [-0.2, 0) is 10.0 Å². The van der Waals surface area contributed by atoms with Gasteiger partial charge in [0, 0.05) is 17.3 Å². The van der Waals surface area contributed by atoms with E-state index >= 15 is 0 Å². The average molecular weight is 312 g/mol. The summed E-state index contributed by atoms with van der Waals surface area (Å²) in [5.41, 5.74) is 0.854. The Morgan fingerprint density at radius 1 is 1.24 bits per heavy atom. The molecule has 1 aromatic carbocycles. The van der Waals surface area contributed by atoms with Crippen LogP contribution in [-0.4, -0.2) is 26.1 Å². The zero-order valence-corrected chi connectivity index (χ0v) is 13.8. The van der Waals surface area contributed by atoms with Gasteiger partial charge in [-0.25, -0.2) is 8.42 Å². The Kier molecular flexibility index (Phi) is 6.20. The number of sulfonamides is 1. The molecular weight excluding hydrogens is 288 g/mol. The first-order chi connectivity index (χ1) is 9.75. The van der Waals surface area contributed by atoms with Gasteiger partial charge in [0.05, 0.1) is 5.75 Å². The van der Waals surface area contributed by atoms with Crippen molar-refractivity contribution in [2.75, 3.05) is 10.5 Å². The molecular formula is C15H24N2O3S. The lowest BCUT2D eigenvalue weighted by atomic mass is 10.1. The van der Waals surface area contributed by atoms with Gasteiger partial charge in [-0.15, -0.1) is 0 Å². The smallest absolute Gasteiger partial charge is 0.251 e. The van der Waals surface area contributed by atoms with E-state index in [1.807, 2.05) is 20.8 Å². The highest BCUT2D eigenvalue weighted by molar-refractivity contribution is 7.92. The molecule has 1 rings (SSSR count). The number of carbonyl (C=O) groups is 1. The largest absolute Gasteiger partial charge is 0.349 e. The van der Waals surface area contributed by atoms with Crippen molar-refractivity contribution < 1.29 is 13.2 Å². The van der Waals surface area contributed by atoms with Gasteiger partial charge < -0.3 is 5.32 Å². The normalized spacial score (nSPS) is 13.0. The number of benzene rings is 1. The number of nitrogens with one attached hydrogen (secondary N) is 2. The fraction of sp³-hybridized carbons (Fsp3) is 0.533. The van der Waals surface area contributed by atoms with E-state index in [1.54, 1.807) is 31.2 Å². The summed E-state index contributed by atoms with van der Waals surface area (Å²) in [7, 11) is -3.35. The Morgan fingerprint density at radius 2 is 1.90 bits per heavy atom. The van der Waals surface area contributed by atoms with Gasteiger partial charge >= 0.3 is 0 Å². The van der Waals surface area contributed by atoms with Crippen LogP contribution in [0.15, 0.2) is 24.3 Å². The molecule has 6 heteroatoms. The lowest BCUT2D eigenvalue weighted by Gasteiger charge is -2.17. The molecule has 0 fully saturated rings. The van der Waals surface area contributed by atoms with E-state index in [0.717, 1.165) is 0 Å². The molecule has 0 saturated heterocycles. The van der Waals surface area contributed by atoms with Crippen LogP contribution >= 0.6 is 0 Å². The van der Waals surface area contributed by atoms with Crippen LogP contribution in [0.2, 0.25) is 0 Å². The van der Waals surface area contributed by atoms with Crippen molar-refractivity contribution in [2.45, 2.75) is 40.2 Å². The first kappa shape index (κ1) is 17.5. The van der Waals surface area contributed by atoms with Crippen molar-refractivity contribution in [3.63, 3.8) is 0 Å². The van der Waals surface area contributed by atoms with Crippen LogP contribution in [0, 0.1) is 5.92 Å². The summed E-state index contributed by atoms with van der Waals surface area (Å²) in [5.74, 6) is 0.196. The quantitative estimate of drug-likeness (QED) is 0.812. The molecule has 2 N–H and O–H groups in total. The van der Waals surface area contributed by atoms with E-state index in [9.17, 15) is 13.2 Å². The van der Waals surface area contributed by atoms with E-state index in [4.69, 9.17) is 0 Å². The predicted molar refractivity (Wildman–Crippen MR) is 85.9 cm³/mol. The van der Waals surface area contributed by atoms with Gasteiger partial charge in [0.15, 0.2) is 0 Å². The lowest BCUT2D eigenvalue weighted by Crippen LogP contribution is -2.36. The second-order valence-electron chi connectivity index (χ2n) is 5.51. The van der Waals surface area contributed by atoms with Gasteiger partial charge in [-0.05, 0) is 37.5 Å². The molecule has 21 heavy (non-hydrogen) atoms. The Labute approximate surface area is 127 Å². The van der Waals surface area contributed by atoms with E-state index in [-0.39, 0.29) is 17.7 Å². The molecule has 0 bridgehead atoms. The third-order valence-corrected chi connectivity index (χ3v) is 4.72. The highest BCUT2D eigenvalue weighted by atomic mass is 32.2. The van der Waals surface area contributed by atoms with Crippen LogP contribution in [0.3, 0.4) is 0 Å². The third kappa shape index (κ3) is 5.75. The Balaban J connectivity index is 2.83. The standard InChI is InChI=1S/C15H24N2O3S/c1-5-9-21(19,20)17-14-8-6-7-13(10-14)15(18)16-12(4)11(2)3/h6-8,10-12,17H,5,9H2,1-4H3,(H,16,18)/t12-/m0/s1. The molecule has 0 saturated carbocycles. The van der Waals surface area contributed by atoms with Gasteiger partial charge in [0.25, 0.3) is 5.91 Å². The Hall–Kier alpha value is -1.56. The predicted octanol–water partition coefficient (Wildman–Crippen LogP) is 2.61. The fourth-order valence-corrected chi connectivity index (χ4v) is 2.81. The number of amides is 1. The summed E-state index contributed by atoms with van der Waals surface area (Å²) in [6, 6.07) is 6.57. The molecule has 0 aliphatic heterocycles. The van der Waals surface area contributed by atoms with Crippen molar-refractivity contribution in [3.8, 4) is 0 Å². The summed E-state index contributed by atoms with van der Waals surface area (Å²) < 4.78 is 26.0. The van der Waals surface area contributed by atoms with Gasteiger partial charge in [0.2, 0.25) is 10.0 Å². The van der Waals surface area contributed by atoms with Crippen molar-refractivity contribution in [1.82, 2.24) is 5.32 Å². The maximum absolute atomic E-state index is 12.1. The SMILES string of the molecule is CCCS(=O)(=O)Nc1cccc(C(=O)N[C@@H](C)C(C)C)c1. The summed E-state index contributed by atoms with van der Waals surface area (Å²) >= 11 is 0. The highest BCUT2D eigenvalue weighted by Crippen LogP contribution is 2.13. The number of anilines is 1. The maximum atomic E-state index is 12.1. The monoisotopic (exact) mass is 312 g/mol. The Bertz CT molecular complexity index is 582. The van der Waals surface area contributed by atoms with E-state index < -0.39 is 10.0 Å². The van der Waals surface area contributed by atoms with Crippen LogP contribution in [0.5, 0.6) is 0 Å². The summed E-state index contributed by atoms with van der Waals surface area (Å²) in [6.45, 7) is 7.80. The molecule has 1 amide bonds. The Morgan fingerprint density at radius 3 is 2.48 bits per heavy atom. The topological polar surface area (TPSA) is 75.3 Å². The second-order valence-corrected chi connectivity index (χ2v) is 7.35. The number of hydrogen-bond acceptors (Lipinski definition) is 3. The number of carbonyl (C=O) groups excluding carboxylic acids is 1. The van der Waals surface area contributed by atoms with Gasteiger partial charge in [-0.1, -0.05) is 26.8 Å². The molecule has 1 atom stereocenters. The zero-order chi connectivity index (χ0) is 16.0. The van der Waals surface area contributed by atoms with Gasteiger partial charge in [-0.2, -0.15) is 0 Å². The van der Waals surface area contributed by atoms with Crippen LogP contribution in [0.1, 0.15) is 44.5 Å². The first-order valence-corrected chi connectivity index (χ1v) is 8.82. The molecule has 0 aromatic heterocycles. The van der Waals surface area contributed by atoms with Crippen molar-refractivity contribution in [1.29, 1.82) is 0 Å². The third-order valence-electron chi connectivity index (χ3n) is 3.23. The van der Waals surface area contributed by atoms with Crippen molar-refractivity contribution in [3.05, 3.63) is 29.8 Å². The molecule has 0 heterocycles. The second kappa shape index (κ2) is 7.45. The van der Waals surface area contributed by atoms with E-state index in [1.165, 1.54) is 0 Å². The van der Waals surface area contributed by atoms with E-state index in [2.05, 4.69) is 10.0 Å². The van der Waals surface area contributed by atoms with Gasteiger partial charge in [0.1, 0.15) is 0 Å². The maximum Gasteiger partial charge on any atom is 0.251 e. The summed E-state index contributed by atoms with van der Waals surface area (Å²) in [6.07, 6.45) is 0.543. The molecule has 0 radical (unpaired) electrons. The zero-order valence-electron chi connectivity index (χ0n) is 13.0. The minimum absolute atomic E-state index is 0.0536. The summed E-state index contributed by atoms with van der Waals surface area (Å²) in [4.78, 5) is 12.1. The van der Waals surface area contributed by atoms with Crippen LogP contribution in [0.25, 0.3) is 0 Å². The molecule has 0 spiro atoms. The minimum atomic E-state index is -3.35. The molecule has 0 aliphatic rings. The highest BCUT2D eigenvalue weighted by Gasteiger charge is 2.14. The lowest BCUT2D eigenvalue weighted by molar-refractivity contribution is 0.0930. The number of rotatable bonds is 7. The molecule has 0 unspecified atom stereocenters. The molecule has 118 valence electrons. The van der Waals surface area contributed by atoms with Gasteiger partial charge in [-0.3, -0.25) is 9.52 Å². The number of hydrogen-bond donors (Lipinski definition) is 2. The summed E-state index contributed by atoms with van der Waals surface area (Å²) in [5, 5.41) is 2.89. The average Bonchev–Trinajstić information content (AvgIpc) is 2.37. The first-order valence-electron chi connectivity index (χ1n) is 7.16. The van der Waals surface area contributed by atoms with Crippen LogP contribution < -0.4 is 10.0 Å².